The lowest BCUT2D eigenvalue weighted by molar-refractivity contribution is -0.139. The quantitative estimate of drug-likeness (QED) is 0.223. The normalized spacial score (nSPS) is 23.3. The smallest absolute Gasteiger partial charge is 0.416 e. The molecule has 0 radical (unpaired) electrons. The number of methoxy groups -OCH3 is 2. The van der Waals surface area contributed by atoms with Gasteiger partial charge in [0.25, 0.3) is 0 Å². The molecular formula is C34H28F6N2O2. The van der Waals surface area contributed by atoms with Gasteiger partial charge in [-0.1, -0.05) is 48.5 Å². The van der Waals surface area contributed by atoms with Crippen LogP contribution in [0.15, 0.2) is 102 Å². The summed E-state index contributed by atoms with van der Waals surface area (Å²) in [6.45, 7) is 0. The fourth-order valence-electron chi connectivity index (χ4n) is 6.62. The van der Waals surface area contributed by atoms with Crippen molar-refractivity contribution in [2.24, 2.45) is 10.9 Å². The molecule has 4 aromatic carbocycles. The Balaban J connectivity index is 1.65. The molecule has 0 saturated carbocycles. The van der Waals surface area contributed by atoms with Gasteiger partial charge >= 0.3 is 12.4 Å². The molecule has 0 unspecified atom stereocenters. The second-order valence-electron chi connectivity index (χ2n) is 10.9. The van der Waals surface area contributed by atoms with Crippen LogP contribution in [0.2, 0.25) is 0 Å². The van der Waals surface area contributed by atoms with Gasteiger partial charge in [-0.2, -0.15) is 26.3 Å². The number of alkyl halides is 6. The van der Waals surface area contributed by atoms with E-state index in [-0.39, 0.29) is 17.5 Å². The number of hydrogen-bond donors (Lipinski definition) is 1. The minimum absolute atomic E-state index is 0.0137. The summed E-state index contributed by atoms with van der Waals surface area (Å²) in [7, 11) is 3.01. The lowest BCUT2D eigenvalue weighted by atomic mass is 9.63. The van der Waals surface area contributed by atoms with Crippen molar-refractivity contribution in [1.29, 1.82) is 0 Å². The molecule has 3 heterocycles. The largest absolute Gasteiger partial charge is 0.497 e. The Morgan fingerprint density at radius 3 is 1.73 bits per heavy atom. The number of nitrogens with zero attached hydrogens (tertiary/aromatic N) is 1. The fourth-order valence-corrected chi connectivity index (χ4v) is 6.62. The predicted molar refractivity (Wildman–Crippen MR) is 154 cm³/mol. The van der Waals surface area contributed by atoms with E-state index in [1.54, 1.807) is 48.5 Å². The van der Waals surface area contributed by atoms with Gasteiger partial charge in [0.2, 0.25) is 0 Å². The monoisotopic (exact) mass is 610 g/mol. The summed E-state index contributed by atoms with van der Waals surface area (Å²) in [6.07, 6.45) is -9.29. The summed E-state index contributed by atoms with van der Waals surface area (Å²) in [5, 5.41) is 3.39. The van der Waals surface area contributed by atoms with Crippen LogP contribution in [0.1, 0.15) is 51.8 Å². The predicted octanol–water partition coefficient (Wildman–Crippen LogP) is 8.53. The van der Waals surface area contributed by atoms with Crippen LogP contribution in [0.4, 0.5) is 26.3 Å². The maximum Gasteiger partial charge on any atom is 0.416 e. The number of ether oxygens (including phenoxy) is 2. The molecule has 1 fully saturated rings. The SMILES string of the molecule is COc1ccc(C2=N[C@]3(c4ccc(OC)cc4)C[C@H](c4ccccc4C(F)(F)F)[C@H]2[C@@H](c2ccccc2C(F)(F)F)N3)cc1. The van der Waals surface area contributed by atoms with Crippen LogP contribution in [0, 0.1) is 5.92 Å². The molecule has 3 aliphatic heterocycles. The lowest BCUT2D eigenvalue weighted by Gasteiger charge is -2.54. The van der Waals surface area contributed by atoms with Gasteiger partial charge in [-0.15, -0.1) is 0 Å². The highest BCUT2D eigenvalue weighted by Gasteiger charge is 2.56. The first-order valence-electron chi connectivity index (χ1n) is 13.9. The number of fused-ring (bicyclic) bond motifs is 2. The van der Waals surface area contributed by atoms with E-state index in [0.29, 0.717) is 28.3 Å². The number of aliphatic imine (C=N–C) groups is 1. The van der Waals surface area contributed by atoms with Gasteiger partial charge in [-0.3, -0.25) is 10.3 Å². The number of benzene rings is 4. The van der Waals surface area contributed by atoms with Crippen LogP contribution < -0.4 is 14.8 Å². The number of piperidine rings is 1. The van der Waals surface area contributed by atoms with Crippen LogP contribution in [0.25, 0.3) is 0 Å². The molecule has 4 aromatic rings. The summed E-state index contributed by atoms with van der Waals surface area (Å²) in [5.41, 5.74) is -1.49. The van der Waals surface area contributed by atoms with Crippen molar-refractivity contribution in [1.82, 2.24) is 5.32 Å². The summed E-state index contributed by atoms with van der Waals surface area (Å²) in [6, 6.07) is 23.2. The first-order chi connectivity index (χ1) is 20.9. The zero-order valence-corrected chi connectivity index (χ0v) is 23.7. The van der Waals surface area contributed by atoms with E-state index >= 15 is 0 Å². The van der Waals surface area contributed by atoms with Crippen molar-refractivity contribution in [2.75, 3.05) is 14.2 Å². The van der Waals surface area contributed by atoms with E-state index in [9.17, 15) is 26.3 Å². The van der Waals surface area contributed by atoms with Crippen molar-refractivity contribution in [3.63, 3.8) is 0 Å². The Bertz CT molecular complexity index is 1610. The third-order valence-electron chi connectivity index (χ3n) is 8.55. The number of nitrogens with one attached hydrogen (secondary N) is 1. The first kappa shape index (κ1) is 29.7. The highest BCUT2D eigenvalue weighted by molar-refractivity contribution is 6.05. The maximum atomic E-state index is 14.5. The van der Waals surface area contributed by atoms with E-state index in [1.807, 2.05) is 0 Å². The fraction of sp³-hybridized carbons (Fsp3) is 0.265. The van der Waals surface area contributed by atoms with E-state index in [0.717, 1.165) is 12.1 Å². The zero-order valence-electron chi connectivity index (χ0n) is 23.7. The van der Waals surface area contributed by atoms with Crippen LogP contribution in [0.3, 0.4) is 0 Å². The molecule has 0 amide bonds. The van der Waals surface area contributed by atoms with Gasteiger partial charge in [0.15, 0.2) is 0 Å². The van der Waals surface area contributed by atoms with Crippen molar-refractivity contribution in [3.05, 3.63) is 130 Å². The molecule has 2 bridgehead atoms. The highest BCUT2D eigenvalue weighted by atomic mass is 19.4. The van der Waals surface area contributed by atoms with E-state index in [1.165, 1.54) is 50.6 Å². The second-order valence-corrected chi connectivity index (χ2v) is 10.9. The van der Waals surface area contributed by atoms with E-state index in [4.69, 9.17) is 14.5 Å². The van der Waals surface area contributed by atoms with Gasteiger partial charge < -0.3 is 9.47 Å². The third kappa shape index (κ3) is 5.21. The number of halogens is 6. The van der Waals surface area contributed by atoms with Gasteiger partial charge in [-0.05, 0) is 83.1 Å². The second kappa shape index (κ2) is 11.0. The van der Waals surface area contributed by atoms with E-state index < -0.39 is 47.0 Å². The molecule has 0 aliphatic carbocycles. The molecule has 3 aliphatic rings. The Morgan fingerprint density at radius 2 is 1.18 bits per heavy atom. The summed E-state index contributed by atoms with van der Waals surface area (Å²) in [5.74, 6) is -0.629. The molecule has 228 valence electrons. The summed E-state index contributed by atoms with van der Waals surface area (Å²) < 4.78 is 97.4. The standard InChI is InChI=1S/C34H28F6N2O2/c1-43-22-15-11-20(12-16-22)30-29-26(24-7-3-5-9-27(24)33(35,36)37)19-32(41-30,21-13-17-23(44-2)18-14-21)42-31(29)25-8-4-6-10-28(25)34(38,39)40/h3-18,26,29,31,42H,19H2,1-2H3/t26-,29-,31-,32-/m1/s1. The Kier molecular flexibility index (Phi) is 7.44. The zero-order chi connectivity index (χ0) is 31.3. The minimum Gasteiger partial charge on any atom is -0.497 e. The number of rotatable bonds is 6. The topological polar surface area (TPSA) is 42.9 Å². The molecule has 44 heavy (non-hydrogen) atoms. The number of hydrogen-bond acceptors (Lipinski definition) is 4. The molecule has 1 N–H and O–H groups in total. The Hall–Kier alpha value is -4.31. The molecule has 10 heteroatoms. The average Bonchev–Trinajstić information content (AvgIpc) is 3.04. The molecule has 7 rings (SSSR count). The minimum atomic E-state index is -4.70. The summed E-state index contributed by atoms with van der Waals surface area (Å²) >= 11 is 0. The van der Waals surface area contributed by atoms with Crippen molar-refractivity contribution < 1.29 is 35.8 Å². The first-order valence-corrected chi connectivity index (χ1v) is 13.9. The van der Waals surface area contributed by atoms with Crippen LogP contribution in [0.5, 0.6) is 11.5 Å². The van der Waals surface area contributed by atoms with Gasteiger partial charge in [0.05, 0.1) is 31.1 Å². The van der Waals surface area contributed by atoms with Crippen molar-refractivity contribution in [2.45, 2.75) is 36.4 Å². The van der Waals surface area contributed by atoms with Gasteiger partial charge in [-0.25, -0.2) is 0 Å². The van der Waals surface area contributed by atoms with Crippen LogP contribution in [-0.4, -0.2) is 19.9 Å². The van der Waals surface area contributed by atoms with Crippen molar-refractivity contribution >= 4 is 5.71 Å². The molecular weight excluding hydrogens is 582 g/mol. The van der Waals surface area contributed by atoms with Crippen LogP contribution in [-0.2, 0) is 18.0 Å². The van der Waals surface area contributed by atoms with Crippen LogP contribution >= 0.6 is 0 Å². The molecule has 4 atom stereocenters. The average molecular weight is 611 g/mol. The van der Waals surface area contributed by atoms with Gasteiger partial charge in [0, 0.05) is 12.0 Å². The highest BCUT2D eigenvalue weighted by Crippen LogP contribution is 2.57. The maximum absolute atomic E-state index is 14.5. The van der Waals surface area contributed by atoms with Gasteiger partial charge in [0.1, 0.15) is 17.2 Å². The molecule has 0 spiro atoms. The Labute approximate surface area is 250 Å². The lowest BCUT2D eigenvalue weighted by Crippen LogP contribution is -2.59. The molecule has 4 nitrogen and oxygen atoms in total. The molecule has 0 aromatic heterocycles. The summed E-state index contributed by atoms with van der Waals surface area (Å²) in [4.78, 5) is 5.13. The third-order valence-corrected chi connectivity index (χ3v) is 8.55. The van der Waals surface area contributed by atoms with E-state index in [2.05, 4.69) is 5.32 Å². The molecule has 1 saturated heterocycles. The Morgan fingerprint density at radius 1 is 0.682 bits per heavy atom. The van der Waals surface area contributed by atoms with Crippen molar-refractivity contribution in [3.8, 4) is 11.5 Å².